The first kappa shape index (κ1) is 15.6. The Labute approximate surface area is 122 Å². The minimum Gasteiger partial charge on any atom is -0.481 e. The fourth-order valence-corrected chi connectivity index (χ4v) is 3.01. The van der Waals surface area contributed by atoms with Crippen LogP contribution in [0.15, 0.2) is 0 Å². The topological polar surface area (TPSA) is 122 Å². The van der Waals surface area contributed by atoms with E-state index in [1.165, 1.54) is 4.90 Å². The number of ether oxygens (including phenoxy) is 1. The summed E-state index contributed by atoms with van der Waals surface area (Å²) in [7, 11) is 0. The molecule has 1 heterocycles. The van der Waals surface area contributed by atoms with Crippen LogP contribution in [0.25, 0.3) is 0 Å². The highest BCUT2D eigenvalue weighted by atomic mass is 16.5. The Balaban J connectivity index is 1.88. The van der Waals surface area contributed by atoms with E-state index in [1.54, 1.807) is 0 Å². The lowest BCUT2D eigenvalue weighted by Crippen LogP contribution is -2.57. The number of carbonyl (C=O) groups excluding carboxylic acids is 2. The number of nitrogens with one attached hydrogen (secondary N) is 1. The van der Waals surface area contributed by atoms with Crippen molar-refractivity contribution in [3.05, 3.63) is 0 Å². The predicted molar refractivity (Wildman–Crippen MR) is 72.4 cm³/mol. The normalized spacial score (nSPS) is 29.1. The van der Waals surface area contributed by atoms with Crippen LogP contribution < -0.4 is 11.1 Å². The number of carbonyl (C=O) groups is 3. The van der Waals surface area contributed by atoms with Gasteiger partial charge in [0, 0.05) is 13.1 Å². The molecule has 118 valence electrons. The zero-order chi connectivity index (χ0) is 15.4. The third kappa shape index (κ3) is 3.63. The van der Waals surface area contributed by atoms with Gasteiger partial charge < -0.3 is 25.8 Å². The van der Waals surface area contributed by atoms with Gasteiger partial charge in [0.15, 0.2) is 0 Å². The van der Waals surface area contributed by atoms with Crippen LogP contribution in [0.1, 0.15) is 19.3 Å². The number of aliphatic carboxylic acids is 1. The molecule has 2 aliphatic rings. The van der Waals surface area contributed by atoms with E-state index in [4.69, 9.17) is 15.6 Å². The van der Waals surface area contributed by atoms with Crippen LogP contribution in [-0.2, 0) is 14.3 Å². The first-order valence-electron chi connectivity index (χ1n) is 7.15. The highest BCUT2D eigenvalue weighted by molar-refractivity contribution is 5.86. The largest absolute Gasteiger partial charge is 0.481 e. The van der Waals surface area contributed by atoms with Crippen molar-refractivity contribution in [2.24, 2.45) is 17.6 Å². The second-order valence-corrected chi connectivity index (χ2v) is 5.51. The molecule has 1 saturated carbocycles. The third-order valence-corrected chi connectivity index (χ3v) is 4.21. The molecule has 3 atom stereocenters. The predicted octanol–water partition coefficient (Wildman–Crippen LogP) is -0.617. The lowest BCUT2D eigenvalue weighted by molar-refractivity contribution is -0.142. The van der Waals surface area contributed by atoms with Crippen molar-refractivity contribution < 1.29 is 24.2 Å². The molecular formula is C13H21N3O5. The van der Waals surface area contributed by atoms with E-state index in [2.05, 4.69) is 5.32 Å². The second kappa shape index (κ2) is 6.75. The molecule has 1 saturated heterocycles. The third-order valence-electron chi connectivity index (χ3n) is 4.21. The summed E-state index contributed by atoms with van der Waals surface area (Å²) in [6, 6.07) is -1.16. The van der Waals surface area contributed by atoms with E-state index in [0.717, 1.165) is 12.8 Å². The number of primary amides is 1. The van der Waals surface area contributed by atoms with Gasteiger partial charge in [-0.25, -0.2) is 4.79 Å². The van der Waals surface area contributed by atoms with E-state index >= 15 is 0 Å². The number of rotatable bonds is 4. The smallest absolute Gasteiger partial charge is 0.318 e. The molecule has 4 N–H and O–H groups in total. The summed E-state index contributed by atoms with van der Waals surface area (Å²) < 4.78 is 5.15. The summed E-state index contributed by atoms with van der Waals surface area (Å²) in [5, 5.41) is 11.8. The van der Waals surface area contributed by atoms with Gasteiger partial charge in [0.1, 0.15) is 6.04 Å². The monoisotopic (exact) mass is 299 g/mol. The molecule has 0 bridgehead atoms. The van der Waals surface area contributed by atoms with Gasteiger partial charge in [-0.2, -0.15) is 0 Å². The number of carboxylic acids is 1. The van der Waals surface area contributed by atoms with Crippen molar-refractivity contribution in [2.45, 2.75) is 25.3 Å². The molecule has 2 fully saturated rings. The molecule has 21 heavy (non-hydrogen) atoms. The van der Waals surface area contributed by atoms with Gasteiger partial charge >= 0.3 is 12.0 Å². The van der Waals surface area contributed by atoms with Gasteiger partial charge in [0.05, 0.1) is 19.1 Å². The van der Waals surface area contributed by atoms with Crippen molar-refractivity contribution in [2.75, 3.05) is 26.3 Å². The molecule has 8 nitrogen and oxygen atoms in total. The molecule has 0 spiro atoms. The van der Waals surface area contributed by atoms with Crippen molar-refractivity contribution in [3.63, 3.8) is 0 Å². The second-order valence-electron chi connectivity index (χ2n) is 5.51. The molecule has 3 amide bonds. The highest BCUT2D eigenvalue weighted by Gasteiger charge is 2.35. The van der Waals surface area contributed by atoms with Gasteiger partial charge in [-0.1, -0.05) is 6.42 Å². The summed E-state index contributed by atoms with van der Waals surface area (Å²) in [4.78, 5) is 35.9. The zero-order valence-corrected chi connectivity index (χ0v) is 11.8. The van der Waals surface area contributed by atoms with Gasteiger partial charge in [-0.15, -0.1) is 0 Å². The number of hydrogen-bond acceptors (Lipinski definition) is 4. The Morgan fingerprint density at radius 1 is 1.33 bits per heavy atom. The minimum absolute atomic E-state index is 0.0560. The standard InChI is InChI=1S/C13H21N3O5/c14-11(17)10-7-21-5-4-16(10)13(20)15-6-8-2-1-3-9(8)12(18)19/h8-10H,1-7H2,(H2,14,17)(H,15,20)(H,18,19). The molecule has 2 rings (SSSR count). The van der Waals surface area contributed by atoms with Gasteiger partial charge in [-0.05, 0) is 18.8 Å². The molecule has 0 radical (unpaired) electrons. The van der Waals surface area contributed by atoms with Crippen molar-refractivity contribution in [3.8, 4) is 0 Å². The quantitative estimate of drug-likeness (QED) is 0.639. The van der Waals surface area contributed by atoms with E-state index < -0.39 is 29.9 Å². The maximum absolute atomic E-state index is 12.2. The van der Waals surface area contributed by atoms with E-state index in [1.807, 2.05) is 0 Å². The van der Waals surface area contributed by atoms with E-state index in [0.29, 0.717) is 26.1 Å². The molecule has 1 aliphatic heterocycles. The Morgan fingerprint density at radius 2 is 2.10 bits per heavy atom. The molecule has 1 aliphatic carbocycles. The van der Waals surface area contributed by atoms with Crippen LogP contribution in [0.3, 0.4) is 0 Å². The van der Waals surface area contributed by atoms with E-state index in [-0.39, 0.29) is 12.5 Å². The van der Waals surface area contributed by atoms with Crippen LogP contribution in [0.4, 0.5) is 4.79 Å². The molecule has 0 aromatic heterocycles. The fraction of sp³-hybridized carbons (Fsp3) is 0.769. The fourth-order valence-electron chi connectivity index (χ4n) is 3.01. The number of carboxylic acid groups (broad SMARTS) is 1. The van der Waals surface area contributed by atoms with Gasteiger partial charge in [0.2, 0.25) is 5.91 Å². The summed E-state index contributed by atoms with van der Waals surface area (Å²) in [5.41, 5.74) is 5.26. The maximum Gasteiger partial charge on any atom is 0.318 e. The van der Waals surface area contributed by atoms with Crippen LogP contribution in [0.5, 0.6) is 0 Å². The average molecular weight is 299 g/mol. The zero-order valence-electron chi connectivity index (χ0n) is 11.8. The van der Waals surface area contributed by atoms with Crippen molar-refractivity contribution >= 4 is 17.9 Å². The number of nitrogens with two attached hydrogens (primary N) is 1. The van der Waals surface area contributed by atoms with Crippen LogP contribution >= 0.6 is 0 Å². The average Bonchev–Trinajstić information content (AvgIpc) is 2.93. The minimum atomic E-state index is -0.812. The Bertz CT molecular complexity index is 428. The Hall–Kier alpha value is -1.83. The number of urea groups is 1. The van der Waals surface area contributed by atoms with Crippen LogP contribution in [0.2, 0.25) is 0 Å². The molecular weight excluding hydrogens is 278 g/mol. The first-order chi connectivity index (χ1) is 10.0. The van der Waals surface area contributed by atoms with Gasteiger partial charge in [0.25, 0.3) is 0 Å². The van der Waals surface area contributed by atoms with Crippen LogP contribution in [0, 0.1) is 11.8 Å². The summed E-state index contributed by atoms with van der Waals surface area (Å²) >= 11 is 0. The molecule has 0 aromatic rings. The summed E-state index contributed by atoms with van der Waals surface area (Å²) in [5.74, 6) is -1.87. The summed E-state index contributed by atoms with van der Waals surface area (Å²) in [6.45, 7) is 1.06. The van der Waals surface area contributed by atoms with Crippen LogP contribution in [-0.4, -0.2) is 60.3 Å². The number of amides is 3. The number of nitrogens with zero attached hydrogens (tertiary/aromatic N) is 1. The number of morpholine rings is 1. The lowest BCUT2D eigenvalue weighted by Gasteiger charge is -2.33. The van der Waals surface area contributed by atoms with Crippen molar-refractivity contribution in [1.29, 1.82) is 0 Å². The first-order valence-corrected chi connectivity index (χ1v) is 7.15. The summed E-state index contributed by atoms with van der Waals surface area (Å²) in [6.07, 6.45) is 2.30. The highest BCUT2D eigenvalue weighted by Crippen LogP contribution is 2.31. The van der Waals surface area contributed by atoms with E-state index in [9.17, 15) is 14.4 Å². The van der Waals surface area contributed by atoms with Gasteiger partial charge in [-0.3, -0.25) is 9.59 Å². The molecule has 3 unspecified atom stereocenters. The number of hydrogen-bond donors (Lipinski definition) is 3. The molecule has 0 aromatic carbocycles. The SMILES string of the molecule is NC(=O)C1COCCN1C(=O)NCC1CCCC1C(=O)O. The Kier molecular flexibility index (Phi) is 5.00. The lowest BCUT2D eigenvalue weighted by atomic mass is 9.96. The van der Waals surface area contributed by atoms with Crippen molar-refractivity contribution in [1.82, 2.24) is 10.2 Å². The Morgan fingerprint density at radius 3 is 2.76 bits per heavy atom. The molecule has 8 heteroatoms. The maximum atomic E-state index is 12.2.